The maximum absolute atomic E-state index is 14.9. The van der Waals surface area contributed by atoms with E-state index >= 15 is 0 Å². The Bertz CT molecular complexity index is 2130. The fourth-order valence-corrected chi connectivity index (χ4v) is 9.83. The summed E-state index contributed by atoms with van der Waals surface area (Å²) < 4.78 is 45.9. The van der Waals surface area contributed by atoms with Gasteiger partial charge in [0.05, 0.1) is 36.2 Å². The van der Waals surface area contributed by atoms with Gasteiger partial charge in [-0.25, -0.2) is 18.2 Å². The predicted molar refractivity (Wildman–Crippen MR) is 218 cm³/mol. The van der Waals surface area contributed by atoms with Crippen LogP contribution < -0.4 is 24.8 Å². The lowest BCUT2D eigenvalue weighted by Gasteiger charge is -2.37. The second-order valence-corrected chi connectivity index (χ2v) is 21.1. The summed E-state index contributed by atoms with van der Waals surface area (Å²) in [7, 11) is -2.38. The number of hydrogen-bond acceptors (Lipinski definition) is 10. The first kappa shape index (κ1) is 41.7. The van der Waals surface area contributed by atoms with Gasteiger partial charge in [-0.3, -0.25) is 19.1 Å². The number of methoxy groups -OCH3 is 1. The number of aromatic nitrogens is 1. The maximum Gasteiger partial charge on any atom is 0.407 e. The molecule has 7 rings (SSSR count). The van der Waals surface area contributed by atoms with Crippen LogP contribution in [0.5, 0.6) is 11.5 Å². The summed E-state index contributed by atoms with van der Waals surface area (Å²) in [5.41, 5.74) is -0.257. The topological polar surface area (TPSA) is 182 Å². The molecule has 3 fully saturated rings. The molecule has 5 aliphatic rings. The number of aryl methyl sites for hydroxylation is 1. The van der Waals surface area contributed by atoms with Crippen LogP contribution in [-0.4, -0.2) is 90.3 Å². The van der Waals surface area contributed by atoms with Crippen molar-refractivity contribution in [3.8, 4) is 11.5 Å². The summed E-state index contributed by atoms with van der Waals surface area (Å²) in [5.74, 6) is -0.946. The summed E-state index contributed by atoms with van der Waals surface area (Å²) in [6.07, 6.45) is 8.63. The average Bonchev–Trinajstić information content (AvgIpc) is 4.06. The van der Waals surface area contributed by atoms with Crippen molar-refractivity contribution in [2.45, 2.75) is 146 Å². The Balaban J connectivity index is 1.25. The first-order valence-electron chi connectivity index (χ1n) is 20.8. The van der Waals surface area contributed by atoms with E-state index < -0.39 is 67.7 Å². The molecule has 1 aromatic heterocycles. The van der Waals surface area contributed by atoms with Crippen LogP contribution in [0.2, 0.25) is 0 Å². The van der Waals surface area contributed by atoms with Crippen LogP contribution in [0, 0.1) is 11.3 Å². The van der Waals surface area contributed by atoms with Crippen molar-refractivity contribution >= 4 is 44.7 Å². The van der Waals surface area contributed by atoms with Crippen molar-refractivity contribution in [1.82, 2.24) is 25.2 Å². The zero-order valence-electron chi connectivity index (χ0n) is 34.9. The highest BCUT2D eigenvalue weighted by atomic mass is 32.2. The number of benzene rings is 1. The van der Waals surface area contributed by atoms with E-state index in [2.05, 4.69) is 15.4 Å². The van der Waals surface area contributed by atoms with Crippen LogP contribution in [0.25, 0.3) is 10.9 Å². The largest absolute Gasteiger partial charge is 0.497 e. The molecular formula is C43H59N5O9S. The quantitative estimate of drug-likeness (QED) is 0.299. The molecule has 0 radical (unpaired) electrons. The van der Waals surface area contributed by atoms with Gasteiger partial charge in [-0.1, -0.05) is 59.6 Å². The van der Waals surface area contributed by atoms with Gasteiger partial charge < -0.3 is 29.7 Å². The molecule has 14 nitrogen and oxygen atoms in total. The highest BCUT2D eigenvalue weighted by molar-refractivity contribution is 7.91. The van der Waals surface area contributed by atoms with Gasteiger partial charge in [0, 0.05) is 23.3 Å². The molecular weight excluding hydrogens is 763 g/mol. The lowest BCUT2D eigenvalue weighted by atomic mass is 9.86. The molecule has 1 spiro atoms. The highest BCUT2D eigenvalue weighted by Crippen LogP contribution is 2.49. The number of sulfonamides is 1. The van der Waals surface area contributed by atoms with E-state index in [9.17, 15) is 27.6 Å². The molecule has 2 aromatic rings. The third kappa shape index (κ3) is 8.24. The van der Waals surface area contributed by atoms with Gasteiger partial charge in [-0.05, 0) is 87.8 Å². The molecule has 4 amide bonds. The SMILES string of the molecule is COc1ccc2nc(C(C)C)c3c(c2c1)CC[C@]1(C[C@H]2C(=O)N[C@]4(C(=O)NS(=O)(=O)C5(C)CC5)C[C@H]4/C=C\CCCCC[C@H](NC(=O)OCC(C)(C)C)C(=O)N2C1)O3. The molecule has 15 heteroatoms. The Morgan fingerprint density at radius 3 is 2.55 bits per heavy atom. The van der Waals surface area contributed by atoms with Crippen LogP contribution in [-0.2, 0) is 35.6 Å². The van der Waals surface area contributed by atoms with Crippen molar-refractivity contribution in [3.05, 3.63) is 41.6 Å². The summed E-state index contributed by atoms with van der Waals surface area (Å²) in [6.45, 7) is 11.7. The molecule has 316 valence electrons. The van der Waals surface area contributed by atoms with Gasteiger partial charge in [0.15, 0.2) is 0 Å². The minimum atomic E-state index is -4.00. The molecule has 4 heterocycles. The number of nitrogens with one attached hydrogen (secondary N) is 3. The predicted octanol–water partition coefficient (Wildman–Crippen LogP) is 5.57. The second kappa shape index (κ2) is 15.3. The number of nitrogens with zero attached hydrogens (tertiary/aromatic N) is 2. The van der Waals surface area contributed by atoms with E-state index in [-0.39, 0.29) is 37.3 Å². The number of allylic oxidation sites excluding steroid dienone is 1. The molecule has 3 aliphatic heterocycles. The molecule has 5 atom stereocenters. The average molecular weight is 822 g/mol. The molecule has 0 bridgehead atoms. The lowest BCUT2D eigenvalue weighted by Crippen LogP contribution is -2.58. The van der Waals surface area contributed by atoms with Crippen LogP contribution in [0.1, 0.15) is 123 Å². The molecule has 2 aliphatic carbocycles. The summed E-state index contributed by atoms with van der Waals surface area (Å²) in [5, 5.41) is 6.70. The zero-order chi connectivity index (χ0) is 41.8. The van der Waals surface area contributed by atoms with E-state index in [1.807, 2.05) is 65.0 Å². The Morgan fingerprint density at radius 2 is 1.86 bits per heavy atom. The van der Waals surface area contributed by atoms with Crippen molar-refractivity contribution in [1.29, 1.82) is 0 Å². The number of amides is 4. The molecule has 1 saturated heterocycles. The Hall–Kier alpha value is -4.40. The smallest absolute Gasteiger partial charge is 0.407 e. The van der Waals surface area contributed by atoms with Crippen LogP contribution in [0.4, 0.5) is 4.79 Å². The normalized spacial score (nSPS) is 28.8. The zero-order valence-corrected chi connectivity index (χ0v) is 35.7. The van der Waals surface area contributed by atoms with Crippen LogP contribution in [0.15, 0.2) is 30.4 Å². The van der Waals surface area contributed by atoms with Gasteiger partial charge in [-0.15, -0.1) is 0 Å². The van der Waals surface area contributed by atoms with Crippen molar-refractivity contribution in [2.24, 2.45) is 11.3 Å². The number of alkyl carbamates (subject to hydrolysis) is 1. The van der Waals surface area contributed by atoms with Crippen molar-refractivity contribution in [3.63, 3.8) is 0 Å². The Morgan fingerprint density at radius 1 is 1.10 bits per heavy atom. The van der Waals surface area contributed by atoms with E-state index in [1.165, 1.54) is 4.90 Å². The third-order valence-corrected chi connectivity index (χ3v) is 14.7. The number of hydrogen-bond donors (Lipinski definition) is 3. The maximum atomic E-state index is 14.9. The van der Waals surface area contributed by atoms with Crippen LogP contribution >= 0.6 is 0 Å². The van der Waals surface area contributed by atoms with Gasteiger partial charge >= 0.3 is 6.09 Å². The molecule has 0 unspecified atom stereocenters. The standard InChI is InChI=1S/C43H59N5O9S/c1-26(2)34-35-29(30-21-28(55-7)15-16-31(30)44-34)17-18-42(57-35)23-33-36(49)46-43(38(51)47-58(53,54)41(6)19-20-41)22-27(43)13-11-9-8-10-12-14-32(37(50)48(33)24-42)45-39(52)56-25-40(3,4)5/h11,13,15-16,21,26-27,32-33H,8-10,12,14,17-20,22-25H2,1-7H3,(H,45,52)(H,46,49)(H,47,51)/b13-11-/t27-,32+,33+,42-,43-/m1/s1. The molecule has 2 saturated carbocycles. The number of ether oxygens (including phenoxy) is 3. The van der Waals surface area contributed by atoms with E-state index in [0.717, 1.165) is 35.0 Å². The lowest BCUT2D eigenvalue weighted by molar-refractivity contribution is -0.141. The van der Waals surface area contributed by atoms with Crippen LogP contribution in [0.3, 0.4) is 0 Å². The minimum absolute atomic E-state index is 0.00714. The first-order chi connectivity index (χ1) is 27.3. The minimum Gasteiger partial charge on any atom is -0.497 e. The fraction of sp³-hybridized carbons (Fsp3) is 0.651. The second-order valence-electron chi connectivity index (χ2n) is 18.9. The Kier molecular flexibility index (Phi) is 11.0. The highest BCUT2D eigenvalue weighted by Gasteiger charge is 2.64. The molecule has 58 heavy (non-hydrogen) atoms. The molecule has 1 aromatic carbocycles. The van der Waals surface area contributed by atoms with Crippen molar-refractivity contribution in [2.75, 3.05) is 20.3 Å². The summed E-state index contributed by atoms with van der Waals surface area (Å²) >= 11 is 0. The van der Waals surface area contributed by atoms with Gasteiger partial charge in [0.2, 0.25) is 21.8 Å². The van der Waals surface area contributed by atoms with Gasteiger partial charge in [-0.2, -0.15) is 0 Å². The summed E-state index contributed by atoms with van der Waals surface area (Å²) in [6, 6.07) is 3.67. The number of pyridine rings is 1. The number of carbonyl (C=O) groups is 4. The van der Waals surface area contributed by atoms with Crippen molar-refractivity contribution < 1.29 is 41.8 Å². The number of fused-ring (bicyclic) bond motifs is 5. The molecule has 3 N–H and O–H groups in total. The van der Waals surface area contributed by atoms with E-state index in [1.54, 1.807) is 14.0 Å². The Labute approximate surface area is 341 Å². The third-order valence-electron chi connectivity index (χ3n) is 12.5. The number of rotatable bonds is 7. The van der Waals surface area contributed by atoms with Gasteiger partial charge in [0.25, 0.3) is 5.91 Å². The van der Waals surface area contributed by atoms with Gasteiger partial charge in [0.1, 0.15) is 34.7 Å². The summed E-state index contributed by atoms with van der Waals surface area (Å²) in [4.78, 5) is 63.4. The van der Waals surface area contributed by atoms with E-state index in [4.69, 9.17) is 19.2 Å². The fourth-order valence-electron chi connectivity index (χ4n) is 8.52. The first-order valence-corrected chi connectivity index (χ1v) is 22.3. The van der Waals surface area contributed by atoms with E-state index in [0.29, 0.717) is 56.4 Å². The monoisotopic (exact) mass is 821 g/mol. The number of carbonyl (C=O) groups excluding carboxylic acids is 4.